The molecule has 3 aliphatic rings. The molecule has 2 amide bonds. The lowest BCUT2D eigenvalue weighted by Crippen LogP contribution is -2.62. The number of allylic oxidation sites excluding steroid dienone is 2. The average molecular weight is 284 g/mol. The van der Waals surface area contributed by atoms with Crippen LogP contribution in [0.2, 0.25) is 0 Å². The molecule has 7 heteroatoms. The van der Waals surface area contributed by atoms with Crippen molar-refractivity contribution >= 4 is 21.8 Å². The summed E-state index contributed by atoms with van der Waals surface area (Å²) in [5.41, 5.74) is 0. The summed E-state index contributed by atoms with van der Waals surface area (Å²) in [5.74, 6) is -0.718. The summed E-state index contributed by atoms with van der Waals surface area (Å²) < 4.78 is 23.9. The van der Waals surface area contributed by atoms with Crippen molar-refractivity contribution in [3.05, 3.63) is 12.2 Å². The van der Waals surface area contributed by atoms with Gasteiger partial charge in [0, 0.05) is 13.1 Å². The van der Waals surface area contributed by atoms with Crippen LogP contribution in [-0.4, -0.2) is 54.8 Å². The van der Waals surface area contributed by atoms with E-state index in [-0.39, 0.29) is 42.8 Å². The molecular weight excluding hydrogens is 268 g/mol. The Bertz CT molecular complexity index is 536. The minimum atomic E-state index is -3.22. The Balaban J connectivity index is 1.74. The molecule has 2 saturated heterocycles. The molecule has 0 aromatic carbocycles. The highest BCUT2D eigenvalue weighted by molar-refractivity contribution is 7.88. The quantitative estimate of drug-likeness (QED) is 0.510. The number of imide groups is 1. The summed E-state index contributed by atoms with van der Waals surface area (Å²) in [6.45, 7) is 0.479. The largest absolute Gasteiger partial charge is 0.276 e. The molecule has 0 spiro atoms. The van der Waals surface area contributed by atoms with Gasteiger partial charge in [0.2, 0.25) is 21.8 Å². The van der Waals surface area contributed by atoms with Gasteiger partial charge in [0.25, 0.3) is 0 Å². The van der Waals surface area contributed by atoms with Gasteiger partial charge in [-0.15, -0.1) is 0 Å². The Morgan fingerprint density at radius 1 is 1.05 bits per heavy atom. The van der Waals surface area contributed by atoms with E-state index in [4.69, 9.17) is 0 Å². The second kappa shape index (κ2) is 4.14. The minimum Gasteiger partial charge on any atom is -0.276 e. The van der Waals surface area contributed by atoms with Crippen molar-refractivity contribution in [1.29, 1.82) is 0 Å². The van der Waals surface area contributed by atoms with Crippen LogP contribution in [0.25, 0.3) is 0 Å². The Kier molecular flexibility index (Phi) is 2.79. The Morgan fingerprint density at radius 3 is 1.95 bits per heavy atom. The second-order valence-corrected chi connectivity index (χ2v) is 7.42. The standard InChI is InChI=1S/C12H16N2O4S/c1-19(17,18)13-6-8(7-13)14-11(15)9-4-2-3-5-10(9)12(14)16/h2-3,8-10H,4-7H2,1H3. The molecule has 6 nitrogen and oxygen atoms in total. The summed E-state index contributed by atoms with van der Waals surface area (Å²) in [4.78, 5) is 25.8. The van der Waals surface area contributed by atoms with Crippen molar-refractivity contribution in [2.75, 3.05) is 19.3 Å². The number of carbonyl (C=O) groups excluding carboxylic acids is 2. The Morgan fingerprint density at radius 2 is 1.53 bits per heavy atom. The van der Waals surface area contributed by atoms with E-state index in [1.165, 1.54) is 9.21 Å². The van der Waals surface area contributed by atoms with Gasteiger partial charge in [0.1, 0.15) is 0 Å². The van der Waals surface area contributed by atoms with E-state index in [1.807, 2.05) is 12.2 Å². The van der Waals surface area contributed by atoms with Gasteiger partial charge in [0.05, 0.1) is 24.1 Å². The predicted molar refractivity (Wildman–Crippen MR) is 67.4 cm³/mol. The molecule has 19 heavy (non-hydrogen) atoms. The number of rotatable bonds is 2. The van der Waals surface area contributed by atoms with E-state index in [0.717, 1.165) is 6.26 Å². The molecule has 104 valence electrons. The minimum absolute atomic E-state index is 0.127. The first-order valence-electron chi connectivity index (χ1n) is 6.36. The Hall–Kier alpha value is -1.21. The van der Waals surface area contributed by atoms with Gasteiger partial charge in [-0.05, 0) is 12.8 Å². The molecule has 0 saturated carbocycles. The van der Waals surface area contributed by atoms with Crippen LogP contribution in [-0.2, 0) is 19.6 Å². The number of hydrogen-bond donors (Lipinski definition) is 0. The van der Waals surface area contributed by atoms with E-state index >= 15 is 0 Å². The maximum absolute atomic E-state index is 12.2. The van der Waals surface area contributed by atoms with Crippen LogP contribution < -0.4 is 0 Å². The van der Waals surface area contributed by atoms with E-state index in [0.29, 0.717) is 12.8 Å². The first kappa shape index (κ1) is 12.8. The lowest BCUT2D eigenvalue weighted by atomic mass is 9.85. The fourth-order valence-electron chi connectivity index (χ4n) is 3.04. The van der Waals surface area contributed by atoms with E-state index in [9.17, 15) is 18.0 Å². The summed E-state index contributed by atoms with van der Waals surface area (Å²) >= 11 is 0. The topological polar surface area (TPSA) is 74.8 Å². The lowest BCUT2D eigenvalue weighted by molar-refractivity contribution is -0.145. The molecule has 3 rings (SSSR count). The smallest absolute Gasteiger partial charge is 0.233 e. The first-order valence-corrected chi connectivity index (χ1v) is 8.21. The molecule has 2 aliphatic heterocycles. The number of sulfonamides is 1. The second-order valence-electron chi connectivity index (χ2n) is 5.44. The van der Waals surface area contributed by atoms with Crippen LogP contribution in [0.1, 0.15) is 12.8 Å². The molecular formula is C12H16N2O4S. The van der Waals surface area contributed by atoms with Crippen molar-refractivity contribution in [1.82, 2.24) is 9.21 Å². The molecule has 0 radical (unpaired) electrons. The van der Waals surface area contributed by atoms with Crippen molar-refractivity contribution < 1.29 is 18.0 Å². The van der Waals surface area contributed by atoms with Gasteiger partial charge in [-0.1, -0.05) is 12.2 Å². The maximum Gasteiger partial charge on any atom is 0.233 e. The van der Waals surface area contributed by atoms with E-state index in [2.05, 4.69) is 0 Å². The van der Waals surface area contributed by atoms with Crippen LogP contribution in [0.15, 0.2) is 12.2 Å². The summed E-state index contributed by atoms with van der Waals surface area (Å²) in [7, 11) is -3.22. The van der Waals surface area contributed by atoms with Gasteiger partial charge < -0.3 is 0 Å². The summed E-state index contributed by atoms with van der Waals surface area (Å²) in [6.07, 6.45) is 6.27. The highest BCUT2D eigenvalue weighted by Crippen LogP contribution is 2.37. The average Bonchev–Trinajstić information content (AvgIpc) is 2.52. The van der Waals surface area contributed by atoms with Crippen molar-refractivity contribution in [2.45, 2.75) is 18.9 Å². The summed E-state index contributed by atoms with van der Waals surface area (Å²) in [5, 5.41) is 0. The molecule has 2 fully saturated rings. The van der Waals surface area contributed by atoms with Crippen molar-refractivity contribution in [3.8, 4) is 0 Å². The highest BCUT2D eigenvalue weighted by Gasteiger charge is 2.52. The third kappa shape index (κ3) is 1.92. The van der Waals surface area contributed by atoms with Crippen LogP contribution in [0.3, 0.4) is 0 Å². The number of hydrogen-bond acceptors (Lipinski definition) is 4. The zero-order valence-corrected chi connectivity index (χ0v) is 11.5. The van der Waals surface area contributed by atoms with Gasteiger partial charge >= 0.3 is 0 Å². The molecule has 2 unspecified atom stereocenters. The number of fused-ring (bicyclic) bond motifs is 1. The fourth-order valence-corrected chi connectivity index (χ4v) is 3.92. The SMILES string of the molecule is CS(=O)(=O)N1CC(N2C(=O)C3CC=CCC3C2=O)C1. The molecule has 2 heterocycles. The van der Waals surface area contributed by atoms with E-state index < -0.39 is 10.0 Å². The van der Waals surface area contributed by atoms with Gasteiger partial charge in [-0.25, -0.2) is 8.42 Å². The summed E-state index contributed by atoms with van der Waals surface area (Å²) in [6, 6.07) is -0.277. The molecule has 0 bridgehead atoms. The van der Waals surface area contributed by atoms with Crippen LogP contribution in [0.4, 0.5) is 0 Å². The van der Waals surface area contributed by atoms with E-state index in [1.54, 1.807) is 0 Å². The van der Waals surface area contributed by atoms with Crippen LogP contribution in [0, 0.1) is 11.8 Å². The van der Waals surface area contributed by atoms with Crippen LogP contribution >= 0.6 is 0 Å². The zero-order chi connectivity index (χ0) is 13.8. The number of likely N-dealkylation sites (tertiary alicyclic amines) is 1. The number of carbonyl (C=O) groups is 2. The Labute approximate surface area is 112 Å². The number of amides is 2. The third-order valence-corrected chi connectivity index (χ3v) is 5.44. The fraction of sp³-hybridized carbons (Fsp3) is 0.667. The maximum atomic E-state index is 12.2. The number of nitrogens with zero attached hydrogens (tertiary/aromatic N) is 2. The molecule has 1 aliphatic carbocycles. The molecule has 0 aromatic rings. The van der Waals surface area contributed by atoms with Crippen molar-refractivity contribution in [2.24, 2.45) is 11.8 Å². The molecule has 0 N–H and O–H groups in total. The monoisotopic (exact) mass is 284 g/mol. The molecule has 2 atom stereocenters. The highest BCUT2D eigenvalue weighted by atomic mass is 32.2. The third-order valence-electron chi connectivity index (χ3n) is 4.20. The van der Waals surface area contributed by atoms with Crippen molar-refractivity contribution in [3.63, 3.8) is 0 Å². The first-order chi connectivity index (χ1) is 8.89. The lowest BCUT2D eigenvalue weighted by Gasteiger charge is -2.41. The van der Waals surface area contributed by atoms with Crippen LogP contribution in [0.5, 0.6) is 0 Å². The predicted octanol–water partition coefficient (Wildman–Crippen LogP) is -0.419. The van der Waals surface area contributed by atoms with Gasteiger partial charge in [-0.2, -0.15) is 4.31 Å². The zero-order valence-electron chi connectivity index (χ0n) is 10.7. The normalized spacial score (nSPS) is 32.6. The molecule has 0 aromatic heterocycles. The van der Waals surface area contributed by atoms with Gasteiger partial charge in [0.15, 0.2) is 0 Å². The van der Waals surface area contributed by atoms with Gasteiger partial charge in [-0.3, -0.25) is 14.5 Å².